The maximum absolute atomic E-state index is 12.8. The number of rotatable bonds is 7. The molecule has 0 N–H and O–H groups in total. The van der Waals surface area contributed by atoms with Crippen molar-refractivity contribution < 1.29 is 14.3 Å². The van der Waals surface area contributed by atoms with E-state index in [2.05, 4.69) is 4.98 Å². The summed E-state index contributed by atoms with van der Waals surface area (Å²) in [7, 11) is 3.14. The Morgan fingerprint density at radius 3 is 2.67 bits per heavy atom. The van der Waals surface area contributed by atoms with E-state index in [0.29, 0.717) is 23.0 Å². The lowest BCUT2D eigenvalue weighted by Gasteiger charge is -2.10. The van der Waals surface area contributed by atoms with Gasteiger partial charge in [-0.1, -0.05) is 30.0 Å². The highest BCUT2D eigenvalue weighted by molar-refractivity contribution is 8.00. The van der Waals surface area contributed by atoms with Gasteiger partial charge in [0, 0.05) is 17.4 Å². The van der Waals surface area contributed by atoms with Gasteiger partial charge in [0.05, 0.1) is 31.1 Å². The molecule has 0 saturated heterocycles. The van der Waals surface area contributed by atoms with Gasteiger partial charge >= 0.3 is 0 Å². The third kappa shape index (κ3) is 3.76. The van der Waals surface area contributed by atoms with E-state index in [9.17, 15) is 4.79 Å². The van der Waals surface area contributed by atoms with Gasteiger partial charge in [-0.05, 0) is 31.0 Å². The maximum atomic E-state index is 12.8. The van der Waals surface area contributed by atoms with E-state index in [1.807, 2.05) is 24.3 Å². The predicted molar refractivity (Wildman–Crippen MR) is 106 cm³/mol. The number of nitrogens with zero attached hydrogens (tertiary/aromatic N) is 2. The molecule has 1 fully saturated rings. The molecule has 0 unspecified atom stereocenters. The summed E-state index contributed by atoms with van der Waals surface area (Å²) >= 11 is 1.45. The number of hydrogen-bond donors (Lipinski definition) is 0. The number of carbonyl (C=O) groups excluding carboxylic acids is 1. The quantitative estimate of drug-likeness (QED) is 0.342. The van der Waals surface area contributed by atoms with Crippen molar-refractivity contribution in [2.75, 3.05) is 20.0 Å². The molecule has 0 aliphatic heterocycles. The standard InChI is InChI=1S/C21H20N2O3S/c1-25-14-9-10-16(19(11-14)26-2)18(24)12-27-21-15-5-3-4-6-17(15)22-20(23-21)13-7-8-13/h3-6,9-11,13H,7-8,12H2,1-2H3. The number of benzene rings is 2. The number of ketones is 1. The number of hydrogen-bond acceptors (Lipinski definition) is 6. The first kappa shape index (κ1) is 17.8. The average molecular weight is 380 g/mol. The number of para-hydroxylation sites is 1. The fourth-order valence-corrected chi connectivity index (χ4v) is 3.85. The van der Waals surface area contributed by atoms with Gasteiger partial charge in [0.25, 0.3) is 0 Å². The second-order valence-electron chi connectivity index (χ2n) is 6.46. The fourth-order valence-electron chi connectivity index (χ4n) is 2.94. The molecule has 5 nitrogen and oxygen atoms in total. The second kappa shape index (κ2) is 7.56. The highest BCUT2D eigenvalue weighted by atomic mass is 32.2. The summed E-state index contributed by atoms with van der Waals surface area (Å²) in [5.41, 5.74) is 1.48. The summed E-state index contributed by atoms with van der Waals surface area (Å²) in [6.07, 6.45) is 2.29. The minimum Gasteiger partial charge on any atom is -0.497 e. The minimum atomic E-state index is -0.00447. The van der Waals surface area contributed by atoms with Crippen LogP contribution in [-0.2, 0) is 0 Å². The third-order valence-electron chi connectivity index (χ3n) is 4.58. The molecule has 0 bridgehead atoms. The van der Waals surface area contributed by atoms with E-state index in [4.69, 9.17) is 14.5 Å². The van der Waals surface area contributed by atoms with E-state index in [1.165, 1.54) is 11.8 Å². The molecule has 0 spiro atoms. The van der Waals surface area contributed by atoms with Crippen LogP contribution in [0.5, 0.6) is 11.5 Å². The largest absolute Gasteiger partial charge is 0.497 e. The zero-order valence-electron chi connectivity index (χ0n) is 15.3. The molecule has 27 heavy (non-hydrogen) atoms. The maximum Gasteiger partial charge on any atom is 0.176 e. The zero-order valence-corrected chi connectivity index (χ0v) is 16.1. The molecule has 1 aliphatic carbocycles. The van der Waals surface area contributed by atoms with Crippen molar-refractivity contribution in [1.82, 2.24) is 9.97 Å². The topological polar surface area (TPSA) is 61.3 Å². The predicted octanol–water partition coefficient (Wildman–Crippen LogP) is 4.50. The van der Waals surface area contributed by atoms with Gasteiger partial charge < -0.3 is 9.47 Å². The van der Waals surface area contributed by atoms with Crippen LogP contribution < -0.4 is 9.47 Å². The smallest absolute Gasteiger partial charge is 0.176 e. The lowest BCUT2D eigenvalue weighted by molar-refractivity contribution is 0.101. The third-order valence-corrected chi connectivity index (χ3v) is 5.57. The van der Waals surface area contributed by atoms with Crippen molar-refractivity contribution in [2.24, 2.45) is 0 Å². The Morgan fingerprint density at radius 1 is 1.11 bits per heavy atom. The van der Waals surface area contributed by atoms with Crippen LogP contribution >= 0.6 is 11.8 Å². The number of aromatic nitrogens is 2. The summed E-state index contributed by atoms with van der Waals surface area (Å²) in [6, 6.07) is 13.2. The van der Waals surface area contributed by atoms with Crippen LogP contribution in [0.1, 0.15) is 34.9 Å². The van der Waals surface area contributed by atoms with E-state index >= 15 is 0 Å². The SMILES string of the molecule is COc1ccc(C(=O)CSc2nc(C3CC3)nc3ccccc23)c(OC)c1. The molecule has 0 atom stereocenters. The van der Waals surface area contributed by atoms with Gasteiger partial charge in [0.15, 0.2) is 5.78 Å². The monoisotopic (exact) mass is 380 g/mol. The number of thioether (sulfide) groups is 1. The summed E-state index contributed by atoms with van der Waals surface area (Å²) < 4.78 is 10.6. The Balaban J connectivity index is 1.59. The number of ether oxygens (including phenoxy) is 2. The molecule has 1 heterocycles. The molecule has 138 valence electrons. The van der Waals surface area contributed by atoms with Crippen molar-refractivity contribution >= 4 is 28.4 Å². The molecule has 3 aromatic rings. The van der Waals surface area contributed by atoms with Crippen molar-refractivity contribution in [3.63, 3.8) is 0 Å². The molecule has 0 amide bonds. The molecule has 6 heteroatoms. The summed E-state index contributed by atoms with van der Waals surface area (Å²) in [6.45, 7) is 0. The lowest BCUT2D eigenvalue weighted by atomic mass is 10.1. The van der Waals surface area contributed by atoms with Crippen LogP contribution in [0.4, 0.5) is 0 Å². The number of methoxy groups -OCH3 is 2. The normalized spacial score (nSPS) is 13.6. The van der Waals surface area contributed by atoms with Crippen molar-refractivity contribution in [2.45, 2.75) is 23.8 Å². The van der Waals surface area contributed by atoms with Crippen LogP contribution in [-0.4, -0.2) is 35.7 Å². The molecule has 4 rings (SSSR count). The first-order valence-electron chi connectivity index (χ1n) is 8.84. The number of carbonyl (C=O) groups is 1. The van der Waals surface area contributed by atoms with E-state index in [-0.39, 0.29) is 11.5 Å². The highest BCUT2D eigenvalue weighted by Gasteiger charge is 2.27. The van der Waals surface area contributed by atoms with Crippen LogP contribution in [0.15, 0.2) is 47.5 Å². The van der Waals surface area contributed by atoms with Crippen LogP contribution in [0.2, 0.25) is 0 Å². The van der Waals surface area contributed by atoms with Gasteiger partial charge in [0.1, 0.15) is 22.3 Å². The van der Waals surface area contributed by atoms with Crippen molar-refractivity contribution in [1.29, 1.82) is 0 Å². The number of fused-ring (bicyclic) bond motifs is 1. The van der Waals surface area contributed by atoms with E-state index < -0.39 is 0 Å². The van der Waals surface area contributed by atoms with Gasteiger partial charge in [-0.15, -0.1) is 0 Å². The first-order valence-corrected chi connectivity index (χ1v) is 9.83. The molecule has 0 radical (unpaired) electrons. The van der Waals surface area contributed by atoms with Gasteiger partial charge in [-0.2, -0.15) is 0 Å². The van der Waals surface area contributed by atoms with Gasteiger partial charge in [-0.25, -0.2) is 9.97 Å². The second-order valence-corrected chi connectivity index (χ2v) is 7.42. The molecule has 1 aromatic heterocycles. The van der Waals surface area contributed by atoms with Crippen LogP contribution in [0, 0.1) is 0 Å². The van der Waals surface area contributed by atoms with Gasteiger partial charge in [-0.3, -0.25) is 4.79 Å². The summed E-state index contributed by atoms with van der Waals surface area (Å²) in [5, 5.41) is 1.85. The van der Waals surface area contributed by atoms with Crippen LogP contribution in [0.25, 0.3) is 10.9 Å². The Bertz CT molecular complexity index is 1000. The summed E-state index contributed by atoms with van der Waals surface area (Å²) in [4.78, 5) is 22.2. The number of Topliss-reactive ketones (excluding diaryl/α,β-unsaturated/α-hetero) is 1. The fraction of sp³-hybridized carbons (Fsp3) is 0.286. The minimum absolute atomic E-state index is 0.00447. The zero-order chi connectivity index (χ0) is 18.8. The molecule has 1 saturated carbocycles. The van der Waals surface area contributed by atoms with Gasteiger partial charge in [0.2, 0.25) is 0 Å². The Labute approximate surface area is 162 Å². The van der Waals surface area contributed by atoms with Crippen molar-refractivity contribution in [3.8, 4) is 11.5 Å². The molecule has 2 aromatic carbocycles. The molecule has 1 aliphatic rings. The van der Waals surface area contributed by atoms with E-state index in [1.54, 1.807) is 32.4 Å². The van der Waals surface area contributed by atoms with E-state index in [0.717, 1.165) is 34.6 Å². The lowest BCUT2D eigenvalue weighted by Crippen LogP contribution is -2.06. The summed E-state index contributed by atoms with van der Waals surface area (Å²) in [5.74, 6) is 2.82. The Hall–Kier alpha value is -2.60. The Kier molecular flexibility index (Phi) is 4.99. The van der Waals surface area contributed by atoms with Crippen LogP contribution in [0.3, 0.4) is 0 Å². The molecular formula is C21H20N2O3S. The average Bonchev–Trinajstić information content (AvgIpc) is 3.56. The highest BCUT2D eigenvalue weighted by Crippen LogP contribution is 2.40. The molecular weight excluding hydrogens is 360 g/mol. The first-order chi connectivity index (χ1) is 13.2. The Morgan fingerprint density at radius 2 is 1.93 bits per heavy atom. The van der Waals surface area contributed by atoms with Crippen molar-refractivity contribution in [3.05, 3.63) is 53.9 Å².